The number of carbonyl (C=O) groups excluding carboxylic acids is 3. The van der Waals surface area contributed by atoms with Crippen molar-refractivity contribution in [1.82, 2.24) is 9.80 Å². The first-order valence-electron chi connectivity index (χ1n) is 10.0. The van der Waals surface area contributed by atoms with Gasteiger partial charge in [0.25, 0.3) is 5.91 Å². The molecule has 3 rings (SSSR count). The number of rotatable bonds is 7. The second kappa shape index (κ2) is 9.54. The molecule has 3 amide bonds. The maximum absolute atomic E-state index is 13.0. The molecule has 1 aliphatic heterocycles. The van der Waals surface area contributed by atoms with Crippen molar-refractivity contribution in [3.63, 3.8) is 0 Å². The van der Waals surface area contributed by atoms with Crippen LogP contribution in [-0.2, 0) is 34.9 Å². The number of hydrogen-bond acceptors (Lipinski definition) is 6. The van der Waals surface area contributed by atoms with E-state index in [0.29, 0.717) is 4.90 Å². The quantitative estimate of drug-likeness (QED) is 0.467. The van der Waals surface area contributed by atoms with Gasteiger partial charge in [-0.2, -0.15) is 0 Å². The Morgan fingerprint density at radius 1 is 1.16 bits per heavy atom. The van der Waals surface area contributed by atoms with Crippen LogP contribution in [-0.4, -0.2) is 63.5 Å². The lowest BCUT2D eigenvalue weighted by Crippen LogP contribution is -2.49. The van der Waals surface area contributed by atoms with E-state index in [2.05, 4.69) is 5.87 Å². The SMILES string of the molecule is C=S(=O)(O[C@H](C)C(=O)N1C(=O)N(C)C[C@H]1C(=O)OCc1ccccc1)c1ccc(C)cc1. The van der Waals surface area contributed by atoms with Crippen molar-refractivity contribution in [1.29, 1.82) is 0 Å². The summed E-state index contributed by atoms with van der Waals surface area (Å²) in [5, 5.41) is 0. The molecular formula is C23H26N2O6S. The Morgan fingerprint density at radius 3 is 2.41 bits per heavy atom. The third-order valence-electron chi connectivity index (χ3n) is 5.05. The number of imide groups is 1. The van der Waals surface area contributed by atoms with E-state index in [1.54, 1.807) is 36.4 Å². The van der Waals surface area contributed by atoms with Crippen molar-refractivity contribution >= 4 is 33.6 Å². The first kappa shape index (κ1) is 23.5. The number of hydrogen-bond donors (Lipinski definition) is 0. The second-order valence-electron chi connectivity index (χ2n) is 7.65. The van der Waals surface area contributed by atoms with Crippen LogP contribution in [0.3, 0.4) is 0 Å². The molecule has 0 aliphatic carbocycles. The Balaban J connectivity index is 1.72. The summed E-state index contributed by atoms with van der Waals surface area (Å²) < 4.78 is 23.8. The molecular weight excluding hydrogens is 432 g/mol. The molecule has 0 N–H and O–H groups in total. The van der Waals surface area contributed by atoms with Gasteiger partial charge in [-0.3, -0.25) is 8.98 Å². The van der Waals surface area contributed by atoms with Gasteiger partial charge >= 0.3 is 12.0 Å². The van der Waals surface area contributed by atoms with Crippen molar-refractivity contribution in [2.24, 2.45) is 0 Å². The van der Waals surface area contributed by atoms with Gasteiger partial charge < -0.3 is 9.64 Å². The highest BCUT2D eigenvalue weighted by molar-refractivity contribution is 7.96. The number of urea groups is 1. The summed E-state index contributed by atoms with van der Waals surface area (Å²) >= 11 is 0. The molecule has 0 spiro atoms. The maximum Gasteiger partial charge on any atom is 0.331 e. The van der Waals surface area contributed by atoms with Gasteiger partial charge in [0.15, 0.2) is 12.1 Å². The van der Waals surface area contributed by atoms with Crippen molar-refractivity contribution in [2.45, 2.75) is 37.5 Å². The van der Waals surface area contributed by atoms with Crippen molar-refractivity contribution < 1.29 is 27.5 Å². The predicted octanol–water partition coefficient (Wildman–Crippen LogP) is 2.40. The molecule has 1 heterocycles. The van der Waals surface area contributed by atoms with Crippen LogP contribution in [0.1, 0.15) is 18.1 Å². The normalized spacial score (nSPS) is 18.8. The topological polar surface area (TPSA) is 93.2 Å². The number of benzene rings is 2. The monoisotopic (exact) mass is 458 g/mol. The summed E-state index contributed by atoms with van der Waals surface area (Å²) in [5.74, 6) is 2.12. The molecule has 2 aromatic rings. The number of esters is 1. The molecule has 0 bridgehead atoms. The summed E-state index contributed by atoms with van der Waals surface area (Å²) in [7, 11) is -1.77. The van der Waals surface area contributed by atoms with Crippen LogP contribution in [0.2, 0.25) is 0 Å². The Labute approximate surface area is 187 Å². The zero-order valence-corrected chi connectivity index (χ0v) is 19.0. The molecule has 3 atom stereocenters. The Kier molecular flexibility index (Phi) is 7.00. The molecule has 0 aromatic heterocycles. The van der Waals surface area contributed by atoms with E-state index in [4.69, 9.17) is 8.92 Å². The van der Waals surface area contributed by atoms with Crippen molar-refractivity contribution in [3.05, 3.63) is 65.7 Å². The van der Waals surface area contributed by atoms with Gasteiger partial charge in [0.1, 0.15) is 16.4 Å². The zero-order chi connectivity index (χ0) is 23.5. The number of likely N-dealkylation sites (N-methyl/N-ethyl adjacent to an activating group) is 1. The molecule has 8 nitrogen and oxygen atoms in total. The van der Waals surface area contributed by atoms with E-state index in [0.717, 1.165) is 16.0 Å². The number of nitrogens with zero attached hydrogens (tertiary/aromatic N) is 2. The number of amides is 3. The summed E-state index contributed by atoms with van der Waals surface area (Å²) in [6, 6.07) is 14.0. The van der Waals surface area contributed by atoms with E-state index in [-0.39, 0.29) is 13.2 Å². The van der Waals surface area contributed by atoms with Crippen LogP contribution in [0.4, 0.5) is 4.79 Å². The highest BCUT2D eigenvalue weighted by Crippen LogP contribution is 2.21. The van der Waals surface area contributed by atoms with Crippen molar-refractivity contribution in [2.75, 3.05) is 13.6 Å². The molecule has 2 aromatic carbocycles. The number of aryl methyl sites for hydroxylation is 1. The van der Waals surface area contributed by atoms with Crippen LogP contribution in [0, 0.1) is 6.92 Å². The zero-order valence-electron chi connectivity index (χ0n) is 18.2. The molecule has 170 valence electrons. The van der Waals surface area contributed by atoms with Crippen LogP contribution < -0.4 is 0 Å². The lowest BCUT2D eigenvalue weighted by atomic mass is 10.2. The summed E-state index contributed by atoms with van der Waals surface area (Å²) in [6.07, 6.45) is -1.28. The summed E-state index contributed by atoms with van der Waals surface area (Å²) in [4.78, 5) is 40.7. The van der Waals surface area contributed by atoms with Gasteiger partial charge in [0.05, 0.1) is 11.4 Å². The molecule has 0 radical (unpaired) electrons. The van der Waals surface area contributed by atoms with Crippen molar-refractivity contribution in [3.8, 4) is 0 Å². The molecule has 9 heteroatoms. The summed E-state index contributed by atoms with van der Waals surface area (Å²) in [5.41, 5.74) is 1.75. The summed E-state index contributed by atoms with van der Waals surface area (Å²) in [6.45, 7) is 3.26. The van der Waals surface area contributed by atoms with E-state index in [1.165, 1.54) is 18.9 Å². The third kappa shape index (κ3) is 5.17. The Morgan fingerprint density at radius 2 is 1.78 bits per heavy atom. The molecule has 32 heavy (non-hydrogen) atoms. The lowest BCUT2D eigenvalue weighted by molar-refractivity contribution is -0.154. The Hall–Kier alpha value is -3.17. The van der Waals surface area contributed by atoms with Gasteiger partial charge in [-0.05, 0) is 37.4 Å². The van der Waals surface area contributed by atoms with Gasteiger partial charge in [-0.1, -0.05) is 48.0 Å². The first-order valence-corrected chi connectivity index (χ1v) is 11.7. The standard InChI is InChI=1S/C23H26N2O6S/c1-16-10-12-19(13-11-16)32(4,29)31-17(2)21(26)25-20(14-24(3)23(25)28)22(27)30-15-18-8-6-5-7-9-18/h5-13,17,20H,4,14-15H2,1-3H3/t17-,20+,32?/m1/s1. The van der Waals surface area contributed by atoms with Gasteiger partial charge in [-0.25, -0.2) is 18.7 Å². The fourth-order valence-corrected chi connectivity index (χ4v) is 4.47. The van der Waals surface area contributed by atoms with E-state index < -0.39 is 39.9 Å². The molecule has 1 saturated heterocycles. The fraction of sp³-hybridized carbons (Fsp3) is 0.304. The lowest BCUT2D eigenvalue weighted by Gasteiger charge is -2.24. The molecule has 0 saturated carbocycles. The third-order valence-corrected chi connectivity index (χ3v) is 6.64. The number of ether oxygens (including phenoxy) is 1. The minimum absolute atomic E-state index is 0.0113. The minimum Gasteiger partial charge on any atom is -0.459 e. The molecule has 1 aliphatic rings. The van der Waals surface area contributed by atoms with E-state index in [1.807, 2.05) is 25.1 Å². The van der Waals surface area contributed by atoms with Gasteiger partial charge in [-0.15, -0.1) is 0 Å². The maximum atomic E-state index is 13.0. The van der Waals surface area contributed by atoms with Crippen LogP contribution in [0.15, 0.2) is 59.5 Å². The highest BCUT2D eigenvalue weighted by atomic mass is 32.2. The number of carbonyl (C=O) groups is 3. The first-order chi connectivity index (χ1) is 15.1. The minimum atomic E-state index is -3.25. The Bertz CT molecular complexity index is 1100. The average molecular weight is 459 g/mol. The van der Waals surface area contributed by atoms with Gasteiger partial charge in [0.2, 0.25) is 0 Å². The predicted molar refractivity (Wildman–Crippen MR) is 120 cm³/mol. The van der Waals surface area contributed by atoms with Crippen LogP contribution >= 0.6 is 0 Å². The van der Waals surface area contributed by atoms with Crippen LogP contribution in [0.5, 0.6) is 0 Å². The van der Waals surface area contributed by atoms with Gasteiger partial charge in [0, 0.05) is 7.05 Å². The molecule has 1 fully saturated rings. The van der Waals surface area contributed by atoms with Crippen LogP contribution in [0.25, 0.3) is 0 Å². The largest absolute Gasteiger partial charge is 0.459 e. The second-order valence-corrected chi connectivity index (χ2v) is 9.54. The average Bonchev–Trinajstić information content (AvgIpc) is 3.06. The van der Waals surface area contributed by atoms with E-state index in [9.17, 15) is 18.6 Å². The smallest absolute Gasteiger partial charge is 0.331 e. The molecule has 1 unspecified atom stereocenters. The van der Waals surface area contributed by atoms with E-state index >= 15 is 0 Å². The fourth-order valence-electron chi connectivity index (χ4n) is 3.26. The highest BCUT2D eigenvalue weighted by Gasteiger charge is 2.46.